The topological polar surface area (TPSA) is 52.1 Å². The zero-order valence-electron chi connectivity index (χ0n) is 18.2. The number of piperazine rings is 1. The fourth-order valence-electron chi connectivity index (χ4n) is 3.58. The molecule has 0 bridgehead atoms. The molecule has 6 nitrogen and oxygen atoms in total. The van der Waals surface area contributed by atoms with Crippen LogP contribution < -0.4 is 20.3 Å². The lowest BCUT2D eigenvalue weighted by Gasteiger charge is -2.39. The number of benzene rings is 2. The van der Waals surface area contributed by atoms with E-state index in [4.69, 9.17) is 4.74 Å². The molecule has 0 radical (unpaired) electrons. The molecule has 0 saturated carbocycles. The molecular formula is C23H34IN5O. The average molecular weight is 523 g/mol. The minimum absolute atomic E-state index is 0. The Morgan fingerprint density at radius 3 is 2.27 bits per heavy atom. The molecule has 2 aromatic rings. The third-order valence-corrected chi connectivity index (χ3v) is 5.47. The number of nitrogens with one attached hydrogen (secondary N) is 2. The average Bonchev–Trinajstić information content (AvgIpc) is 2.80. The number of nitrogens with zero attached hydrogens (tertiary/aromatic N) is 3. The third kappa shape index (κ3) is 7.05. The van der Waals surface area contributed by atoms with Crippen molar-refractivity contribution in [2.24, 2.45) is 4.99 Å². The molecule has 1 atom stereocenters. The van der Waals surface area contributed by atoms with Crippen LogP contribution in [0.4, 0.5) is 5.69 Å². The van der Waals surface area contributed by atoms with Crippen LogP contribution in [0.15, 0.2) is 59.6 Å². The minimum atomic E-state index is 0. The van der Waals surface area contributed by atoms with E-state index < -0.39 is 0 Å². The predicted octanol–water partition coefficient (Wildman–Crippen LogP) is 3.19. The van der Waals surface area contributed by atoms with Crippen LogP contribution in [0.3, 0.4) is 0 Å². The first-order chi connectivity index (χ1) is 14.2. The van der Waals surface area contributed by atoms with Crippen molar-refractivity contribution < 1.29 is 4.74 Å². The van der Waals surface area contributed by atoms with Crippen molar-refractivity contribution in [3.8, 4) is 5.75 Å². The minimum Gasteiger partial charge on any atom is -0.497 e. The summed E-state index contributed by atoms with van der Waals surface area (Å²) >= 11 is 0. The molecule has 7 heteroatoms. The van der Waals surface area contributed by atoms with Gasteiger partial charge in [-0.2, -0.15) is 0 Å². The quantitative estimate of drug-likeness (QED) is 0.332. The molecule has 1 heterocycles. The van der Waals surface area contributed by atoms with E-state index in [9.17, 15) is 0 Å². The highest BCUT2D eigenvalue weighted by Crippen LogP contribution is 2.16. The Hall–Kier alpha value is -2.00. The first-order valence-electron chi connectivity index (χ1n) is 10.3. The van der Waals surface area contributed by atoms with Crippen LogP contribution in [0.2, 0.25) is 0 Å². The molecule has 1 unspecified atom stereocenters. The van der Waals surface area contributed by atoms with Gasteiger partial charge in [0.15, 0.2) is 5.96 Å². The highest BCUT2D eigenvalue weighted by Gasteiger charge is 2.21. The number of hydrogen-bond acceptors (Lipinski definition) is 4. The summed E-state index contributed by atoms with van der Waals surface area (Å²) in [5.74, 6) is 1.70. The molecule has 164 valence electrons. The molecule has 0 aliphatic carbocycles. The van der Waals surface area contributed by atoms with E-state index in [-0.39, 0.29) is 24.0 Å². The number of hydrogen-bond donors (Lipinski definition) is 2. The van der Waals surface area contributed by atoms with E-state index in [1.807, 2.05) is 19.2 Å². The van der Waals surface area contributed by atoms with Crippen molar-refractivity contribution in [1.82, 2.24) is 15.5 Å². The van der Waals surface area contributed by atoms with Gasteiger partial charge in [-0.25, -0.2) is 0 Å². The van der Waals surface area contributed by atoms with Gasteiger partial charge in [-0.15, -0.1) is 24.0 Å². The van der Waals surface area contributed by atoms with E-state index in [0.717, 1.165) is 51.0 Å². The molecule has 3 rings (SSSR count). The summed E-state index contributed by atoms with van der Waals surface area (Å²) < 4.78 is 5.21. The Morgan fingerprint density at radius 1 is 1.00 bits per heavy atom. The summed E-state index contributed by atoms with van der Waals surface area (Å²) in [7, 11) is 3.49. The molecule has 1 aliphatic rings. The molecule has 2 N–H and O–H groups in total. The van der Waals surface area contributed by atoms with Gasteiger partial charge >= 0.3 is 0 Å². The number of anilines is 1. The van der Waals surface area contributed by atoms with Crippen LogP contribution in [-0.4, -0.2) is 63.8 Å². The van der Waals surface area contributed by atoms with Crippen molar-refractivity contribution in [3.05, 3.63) is 60.2 Å². The van der Waals surface area contributed by atoms with Crippen LogP contribution in [0.5, 0.6) is 5.75 Å². The monoisotopic (exact) mass is 523 g/mol. The second-order valence-electron chi connectivity index (χ2n) is 7.36. The highest BCUT2D eigenvalue weighted by molar-refractivity contribution is 14.0. The summed E-state index contributed by atoms with van der Waals surface area (Å²) in [4.78, 5) is 9.36. The Morgan fingerprint density at radius 2 is 1.67 bits per heavy atom. The first-order valence-corrected chi connectivity index (χ1v) is 10.3. The number of aliphatic imine (C=N–C) groups is 1. The Bertz CT molecular complexity index is 761. The van der Waals surface area contributed by atoms with Crippen LogP contribution >= 0.6 is 24.0 Å². The van der Waals surface area contributed by atoms with Gasteiger partial charge in [-0.1, -0.05) is 30.3 Å². The van der Waals surface area contributed by atoms with Crippen LogP contribution in [0.25, 0.3) is 0 Å². The van der Waals surface area contributed by atoms with Gasteiger partial charge in [-0.3, -0.25) is 9.89 Å². The number of rotatable bonds is 7. The van der Waals surface area contributed by atoms with Gasteiger partial charge in [0.2, 0.25) is 0 Å². The summed E-state index contributed by atoms with van der Waals surface area (Å²) in [6.07, 6.45) is 0. The first kappa shape index (κ1) is 24.3. The number of ether oxygens (including phenoxy) is 1. The van der Waals surface area contributed by atoms with E-state index in [2.05, 4.69) is 74.8 Å². The molecule has 30 heavy (non-hydrogen) atoms. The molecule has 0 aromatic heterocycles. The maximum absolute atomic E-state index is 5.21. The summed E-state index contributed by atoms with van der Waals surface area (Å²) in [6, 6.07) is 19.2. The number of methoxy groups -OCH3 is 1. The molecular weight excluding hydrogens is 489 g/mol. The third-order valence-electron chi connectivity index (χ3n) is 5.47. The van der Waals surface area contributed by atoms with Crippen LogP contribution in [0, 0.1) is 0 Å². The zero-order chi connectivity index (χ0) is 20.5. The molecule has 2 aromatic carbocycles. The predicted molar refractivity (Wildman–Crippen MR) is 136 cm³/mol. The standard InChI is InChI=1S/C23H33N5O.HI/c1-19(27-13-15-28(16-14-27)21-7-5-4-6-8-21)17-25-23(24-2)26-18-20-9-11-22(29-3)12-10-20;/h4-12,19H,13-18H2,1-3H3,(H2,24,25,26);1H. The largest absolute Gasteiger partial charge is 0.497 e. The van der Waals surface area contributed by atoms with Crippen molar-refractivity contribution >= 4 is 35.6 Å². The van der Waals surface area contributed by atoms with Crippen molar-refractivity contribution in [3.63, 3.8) is 0 Å². The lowest BCUT2D eigenvalue weighted by Crippen LogP contribution is -2.53. The SMILES string of the molecule is CN=C(NCc1ccc(OC)cc1)NCC(C)N1CCN(c2ccccc2)CC1.I. The zero-order valence-corrected chi connectivity index (χ0v) is 20.5. The second kappa shape index (κ2) is 12.6. The summed E-state index contributed by atoms with van der Waals surface area (Å²) in [6.45, 7) is 8.17. The lowest BCUT2D eigenvalue weighted by molar-refractivity contribution is 0.197. The van der Waals surface area contributed by atoms with Gasteiger partial charge in [0.25, 0.3) is 0 Å². The van der Waals surface area contributed by atoms with Crippen molar-refractivity contribution in [2.75, 3.05) is 51.8 Å². The fraction of sp³-hybridized carbons (Fsp3) is 0.435. The number of guanidine groups is 1. The van der Waals surface area contributed by atoms with E-state index >= 15 is 0 Å². The highest BCUT2D eigenvalue weighted by atomic mass is 127. The maximum atomic E-state index is 5.21. The summed E-state index contributed by atoms with van der Waals surface area (Å²) in [5, 5.41) is 6.84. The molecule has 1 aliphatic heterocycles. The van der Waals surface area contributed by atoms with Gasteiger partial charge in [0, 0.05) is 58.0 Å². The maximum Gasteiger partial charge on any atom is 0.191 e. The molecule has 0 spiro atoms. The van der Waals surface area contributed by atoms with Gasteiger partial charge < -0.3 is 20.3 Å². The van der Waals surface area contributed by atoms with Gasteiger partial charge in [0.1, 0.15) is 5.75 Å². The lowest BCUT2D eigenvalue weighted by atomic mass is 10.2. The molecule has 1 saturated heterocycles. The second-order valence-corrected chi connectivity index (χ2v) is 7.36. The van der Waals surface area contributed by atoms with E-state index in [1.165, 1.54) is 11.3 Å². The normalized spacial score (nSPS) is 15.8. The fourth-order valence-corrected chi connectivity index (χ4v) is 3.58. The van der Waals surface area contributed by atoms with Crippen molar-refractivity contribution in [1.29, 1.82) is 0 Å². The molecule has 0 amide bonds. The Kier molecular flexibility index (Phi) is 10.2. The van der Waals surface area contributed by atoms with Crippen LogP contribution in [-0.2, 0) is 6.54 Å². The van der Waals surface area contributed by atoms with Crippen molar-refractivity contribution in [2.45, 2.75) is 19.5 Å². The molecule has 1 fully saturated rings. The summed E-state index contributed by atoms with van der Waals surface area (Å²) in [5.41, 5.74) is 2.51. The number of halogens is 1. The van der Waals surface area contributed by atoms with E-state index in [0.29, 0.717) is 6.04 Å². The van der Waals surface area contributed by atoms with E-state index in [1.54, 1.807) is 7.11 Å². The van der Waals surface area contributed by atoms with Crippen LogP contribution in [0.1, 0.15) is 12.5 Å². The Balaban J connectivity index is 0.00000320. The Labute approximate surface area is 197 Å². The van der Waals surface area contributed by atoms with Gasteiger partial charge in [0.05, 0.1) is 7.11 Å². The smallest absolute Gasteiger partial charge is 0.191 e. The number of para-hydroxylation sites is 1. The van der Waals surface area contributed by atoms with Gasteiger partial charge in [-0.05, 0) is 36.8 Å².